The Bertz CT molecular complexity index is 722. The number of rotatable bonds is 7. The van der Waals surface area contributed by atoms with Crippen molar-refractivity contribution in [3.63, 3.8) is 0 Å². The molecule has 27 heavy (non-hydrogen) atoms. The second kappa shape index (κ2) is 9.03. The fraction of sp³-hybridized carbons (Fsp3) is 0.609. The van der Waals surface area contributed by atoms with Gasteiger partial charge in [0.25, 0.3) is 0 Å². The molecule has 0 N–H and O–H groups in total. The van der Waals surface area contributed by atoms with Gasteiger partial charge in [0.2, 0.25) is 0 Å². The fourth-order valence-electron chi connectivity index (χ4n) is 4.32. The third-order valence-electron chi connectivity index (χ3n) is 5.97. The maximum atomic E-state index is 4.68. The standard InChI is InChI=1S/C23H36N4/c1-6-27-19(3)23(18(2)24-27)17-26-13-11-21(12-14-26)15-20-7-9-22(10-8-20)16-25(4)5/h7-10,21H,6,11-17H2,1-5H3. The summed E-state index contributed by atoms with van der Waals surface area (Å²) in [4.78, 5) is 4.84. The van der Waals surface area contributed by atoms with E-state index in [1.165, 1.54) is 60.4 Å². The molecule has 0 unspecified atom stereocenters. The molecule has 0 radical (unpaired) electrons. The van der Waals surface area contributed by atoms with Gasteiger partial charge in [-0.2, -0.15) is 5.10 Å². The third kappa shape index (κ3) is 5.20. The second-order valence-corrected chi connectivity index (χ2v) is 8.44. The van der Waals surface area contributed by atoms with Crippen molar-refractivity contribution in [2.24, 2.45) is 5.92 Å². The highest BCUT2D eigenvalue weighted by molar-refractivity contribution is 5.25. The van der Waals surface area contributed by atoms with Crippen LogP contribution >= 0.6 is 0 Å². The van der Waals surface area contributed by atoms with Crippen LogP contribution in [0.3, 0.4) is 0 Å². The first-order valence-corrected chi connectivity index (χ1v) is 10.4. The Hall–Kier alpha value is -1.65. The first kappa shape index (κ1) is 20.1. The van der Waals surface area contributed by atoms with E-state index in [-0.39, 0.29) is 0 Å². The molecule has 0 saturated carbocycles. The van der Waals surface area contributed by atoms with Crippen molar-refractivity contribution in [3.05, 3.63) is 52.3 Å². The molecule has 148 valence electrons. The number of hydrogen-bond acceptors (Lipinski definition) is 3. The van der Waals surface area contributed by atoms with Gasteiger partial charge in [0.15, 0.2) is 0 Å². The minimum atomic E-state index is 0.821. The fourth-order valence-corrected chi connectivity index (χ4v) is 4.32. The third-order valence-corrected chi connectivity index (χ3v) is 5.97. The number of aromatic nitrogens is 2. The van der Waals surface area contributed by atoms with E-state index in [2.05, 4.69) is 78.7 Å². The van der Waals surface area contributed by atoms with Crippen LogP contribution in [-0.4, -0.2) is 46.8 Å². The van der Waals surface area contributed by atoms with E-state index in [4.69, 9.17) is 0 Å². The average molecular weight is 369 g/mol. The predicted octanol–water partition coefficient (Wildman–Crippen LogP) is 4.04. The largest absolute Gasteiger partial charge is 0.305 e. The molecule has 2 aromatic rings. The van der Waals surface area contributed by atoms with Crippen LogP contribution in [0.5, 0.6) is 0 Å². The molecular weight excluding hydrogens is 332 g/mol. The van der Waals surface area contributed by atoms with E-state index in [0.717, 1.165) is 25.6 Å². The maximum absolute atomic E-state index is 4.68. The molecule has 4 nitrogen and oxygen atoms in total. The monoisotopic (exact) mass is 368 g/mol. The first-order chi connectivity index (χ1) is 13.0. The highest BCUT2D eigenvalue weighted by atomic mass is 15.3. The van der Waals surface area contributed by atoms with Crippen LogP contribution in [0, 0.1) is 19.8 Å². The van der Waals surface area contributed by atoms with Crippen LogP contribution in [0.4, 0.5) is 0 Å². The van der Waals surface area contributed by atoms with Gasteiger partial charge in [-0.1, -0.05) is 24.3 Å². The average Bonchev–Trinajstić information content (AvgIpc) is 2.92. The molecule has 0 amide bonds. The maximum Gasteiger partial charge on any atom is 0.0641 e. The Balaban J connectivity index is 1.50. The molecule has 1 aromatic heterocycles. The van der Waals surface area contributed by atoms with Gasteiger partial charge in [-0.05, 0) is 84.3 Å². The van der Waals surface area contributed by atoms with Crippen molar-refractivity contribution < 1.29 is 0 Å². The van der Waals surface area contributed by atoms with Crippen molar-refractivity contribution >= 4 is 0 Å². The lowest BCUT2D eigenvalue weighted by Crippen LogP contribution is -2.34. The van der Waals surface area contributed by atoms with Gasteiger partial charge in [-0.25, -0.2) is 0 Å². The number of likely N-dealkylation sites (tertiary alicyclic amines) is 1. The van der Waals surface area contributed by atoms with Gasteiger partial charge in [0.1, 0.15) is 0 Å². The highest BCUT2D eigenvalue weighted by Crippen LogP contribution is 2.24. The number of piperidine rings is 1. The van der Waals surface area contributed by atoms with Gasteiger partial charge >= 0.3 is 0 Å². The lowest BCUT2D eigenvalue weighted by atomic mass is 9.89. The Morgan fingerprint density at radius 1 is 1.04 bits per heavy atom. The summed E-state index contributed by atoms with van der Waals surface area (Å²) in [7, 11) is 4.25. The van der Waals surface area contributed by atoms with Crippen LogP contribution in [0.2, 0.25) is 0 Å². The molecule has 1 aliphatic rings. The Kier molecular flexibility index (Phi) is 6.72. The zero-order valence-electron chi connectivity index (χ0n) is 17.8. The molecule has 3 rings (SSSR count). The Morgan fingerprint density at radius 3 is 2.22 bits per heavy atom. The molecule has 1 aromatic carbocycles. The van der Waals surface area contributed by atoms with Crippen LogP contribution in [0.15, 0.2) is 24.3 Å². The lowest BCUT2D eigenvalue weighted by Gasteiger charge is -2.32. The summed E-state index contributed by atoms with van der Waals surface area (Å²) in [6.45, 7) is 12.0. The Morgan fingerprint density at radius 2 is 1.67 bits per heavy atom. The summed E-state index contributed by atoms with van der Waals surface area (Å²) in [5.74, 6) is 0.821. The summed E-state index contributed by atoms with van der Waals surface area (Å²) in [6, 6.07) is 9.25. The molecule has 1 saturated heterocycles. The van der Waals surface area contributed by atoms with E-state index in [1.807, 2.05) is 0 Å². The molecule has 0 bridgehead atoms. The second-order valence-electron chi connectivity index (χ2n) is 8.44. The van der Waals surface area contributed by atoms with Gasteiger partial charge in [0, 0.05) is 30.9 Å². The van der Waals surface area contributed by atoms with E-state index >= 15 is 0 Å². The number of aryl methyl sites for hydroxylation is 2. The number of nitrogens with zero attached hydrogens (tertiary/aromatic N) is 4. The van der Waals surface area contributed by atoms with Gasteiger partial charge in [0.05, 0.1) is 5.69 Å². The van der Waals surface area contributed by atoms with Crippen LogP contribution in [0.1, 0.15) is 47.8 Å². The predicted molar refractivity (Wildman–Crippen MR) is 113 cm³/mol. The van der Waals surface area contributed by atoms with Gasteiger partial charge in [-0.3, -0.25) is 9.58 Å². The first-order valence-electron chi connectivity index (χ1n) is 10.4. The summed E-state index contributed by atoms with van der Waals surface area (Å²) < 4.78 is 2.14. The summed E-state index contributed by atoms with van der Waals surface area (Å²) in [6.07, 6.45) is 3.83. The van der Waals surface area contributed by atoms with E-state index in [9.17, 15) is 0 Å². The van der Waals surface area contributed by atoms with Crippen LogP contribution < -0.4 is 0 Å². The molecular formula is C23H36N4. The molecule has 0 spiro atoms. The van der Waals surface area contributed by atoms with Crippen LogP contribution in [0.25, 0.3) is 0 Å². The minimum absolute atomic E-state index is 0.821. The molecule has 2 heterocycles. The van der Waals surface area contributed by atoms with Crippen molar-refractivity contribution in [2.45, 2.75) is 59.7 Å². The topological polar surface area (TPSA) is 24.3 Å². The van der Waals surface area contributed by atoms with Gasteiger partial charge < -0.3 is 4.90 Å². The van der Waals surface area contributed by atoms with Crippen molar-refractivity contribution in [1.82, 2.24) is 19.6 Å². The van der Waals surface area contributed by atoms with Crippen molar-refractivity contribution in [3.8, 4) is 0 Å². The summed E-state index contributed by atoms with van der Waals surface area (Å²) in [5, 5.41) is 4.68. The molecule has 4 heteroatoms. The van der Waals surface area contributed by atoms with Gasteiger partial charge in [-0.15, -0.1) is 0 Å². The molecule has 0 aliphatic carbocycles. The normalized spacial score (nSPS) is 16.4. The van der Waals surface area contributed by atoms with E-state index in [1.54, 1.807) is 0 Å². The zero-order valence-corrected chi connectivity index (χ0v) is 17.8. The van der Waals surface area contributed by atoms with E-state index < -0.39 is 0 Å². The molecule has 1 aliphatic heterocycles. The quantitative estimate of drug-likeness (QED) is 0.737. The highest BCUT2D eigenvalue weighted by Gasteiger charge is 2.21. The van der Waals surface area contributed by atoms with Crippen molar-refractivity contribution in [1.29, 1.82) is 0 Å². The summed E-state index contributed by atoms with van der Waals surface area (Å²) in [5.41, 5.74) is 6.87. The lowest BCUT2D eigenvalue weighted by molar-refractivity contribution is 0.176. The zero-order chi connectivity index (χ0) is 19.4. The number of hydrogen-bond donors (Lipinski definition) is 0. The van der Waals surface area contributed by atoms with E-state index in [0.29, 0.717) is 0 Å². The molecule has 1 fully saturated rings. The van der Waals surface area contributed by atoms with Crippen molar-refractivity contribution in [2.75, 3.05) is 27.2 Å². The molecule has 0 atom stereocenters. The Labute approximate surface area is 165 Å². The number of benzene rings is 1. The summed E-state index contributed by atoms with van der Waals surface area (Å²) >= 11 is 0. The SMILES string of the molecule is CCn1nc(C)c(CN2CCC(Cc3ccc(CN(C)C)cc3)CC2)c1C. The smallest absolute Gasteiger partial charge is 0.0641 e. The minimum Gasteiger partial charge on any atom is -0.305 e. The van der Waals surface area contributed by atoms with Crippen LogP contribution in [-0.2, 0) is 26.1 Å².